The SMILES string of the molecule is Cc1occc1CN(C)C(CN)c1cncn1C. The van der Waals surface area contributed by atoms with E-state index in [2.05, 4.69) is 16.9 Å². The molecule has 0 radical (unpaired) electrons. The second-order valence-electron chi connectivity index (χ2n) is 4.60. The number of furan rings is 1. The normalized spacial score (nSPS) is 13.2. The van der Waals surface area contributed by atoms with E-state index in [1.54, 1.807) is 12.6 Å². The van der Waals surface area contributed by atoms with Crippen molar-refractivity contribution in [2.45, 2.75) is 19.5 Å². The maximum atomic E-state index is 5.89. The third-order valence-corrected chi connectivity index (χ3v) is 3.34. The number of hydrogen-bond acceptors (Lipinski definition) is 4. The molecule has 0 aromatic carbocycles. The predicted octanol–water partition coefficient (Wildman–Crippen LogP) is 1.45. The zero-order valence-corrected chi connectivity index (χ0v) is 11.1. The fourth-order valence-electron chi connectivity index (χ4n) is 2.17. The molecule has 0 saturated heterocycles. The molecule has 1 unspecified atom stereocenters. The van der Waals surface area contributed by atoms with Crippen LogP contribution in [0.2, 0.25) is 0 Å². The Morgan fingerprint density at radius 2 is 2.33 bits per heavy atom. The van der Waals surface area contributed by atoms with E-state index in [1.807, 2.05) is 30.8 Å². The fourth-order valence-corrected chi connectivity index (χ4v) is 2.17. The minimum absolute atomic E-state index is 0.159. The van der Waals surface area contributed by atoms with Crippen LogP contribution in [0.5, 0.6) is 0 Å². The zero-order valence-electron chi connectivity index (χ0n) is 11.1. The predicted molar refractivity (Wildman–Crippen MR) is 69.9 cm³/mol. The number of nitrogens with zero attached hydrogens (tertiary/aromatic N) is 3. The van der Waals surface area contributed by atoms with Crippen molar-refractivity contribution in [2.75, 3.05) is 13.6 Å². The molecule has 2 aromatic heterocycles. The van der Waals surface area contributed by atoms with E-state index in [-0.39, 0.29) is 6.04 Å². The van der Waals surface area contributed by atoms with Gasteiger partial charge >= 0.3 is 0 Å². The van der Waals surface area contributed by atoms with E-state index in [1.165, 1.54) is 5.56 Å². The van der Waals surface area contributed by atoms with Gasteiger partial charge in [0.1, 0.15) is 5.76 Å². The molecule has 0 aliphatic rings. The highest BCUT2D eigenvalue weighted by atomic mass is 16.3. The van der Waals surface area contributed by atoms with Gasteiger partial charge in [-0.15, -0.1) is 0 Å². The summed E-state index contributed by atoms with van der Waals surface area (Å²) in [6.07, 6.45) is 5.39. The first-order chi connectivity index (χ1) is 8.63. The van der Waals surface area contributed by atoms with Crippen molar-refractivity contribution in [1.82, 2.24) is 14.5 Å². The average molecular weight is 248 g/mol. The molecular weight excluding hydrogens is 228 g/mol. The van der Waals surface area contributed by atoms with E-state index in [4.69, 9.17) is 10.2 Å². The summed E-state index contributed by atoms with van der Waals surface area (Å²) >= 11 is 0. The number of likely N-dealkylation sites (N-methyl/N-ethyl adjacent to an activating group) is 1. The Bertz CT molecular complexity index is 503. The Kier molecular flexibility index (Phi) is 3.84. The number of nitrogens with two attached hydrogens (primary N) is 1. The van der Waals surface area contributed by atoms with Crippen LogP contribution < -0.4 is 5.73 Å². The lowest BCUT2D eigenvalue weighted by atomic mass is 10.1. The molecule has 0 fully saturated rings. The van der Waals surface area contributed by atoms with Gasteiger partial charge < -0.3 is 14.7 Å². The highest BCUT2D eigenvalue weighted by Gasteiger charge is 2.19. The van der Waals surface area contributed by atoms with Gasteiger partial charge in [-0.1, -0.05) is 0 Å². The van der Waals surface area contributed by atoms with E-state index >= 15 is 0 Å². The quantitative estimate of drug-likeness (QED) is 0.870. The molecule has 2 rings (SSSR count). The van der Waals surface area contributed by atoms with Gasteiger partial charge in [-0.05, 0) is 20.0 Å². The summed E-state index contributed by atoms with van der Waals surface area (Å²) in [7, 11) is 4.05. The van der Waals surface area contributed by atoms with Crippen molar-refractivity contribution >= 4 is 0 Å². The molecule has 2 aromatic rings. The van der Waals surface area contributed by atoms with Crippen LogP contribution in [-0.2, 0) is 13.6 Å². The molecular formula is C13H20N4O. The van der Waals surface area contributed by atoms with Crippen LogP contribution in [0.25, 0.3) is 0 Å². The number of aromatic nitrogens is 2. The molecule has 5 heteroatoms. The molecule has 0 aliphatic carbocycles. The van der Waals surface area contributed by atoms with Gasteiger partial charge in [0.2, 0.25) is 0 Å². The van der Waals surface area contributed by atoms with Crippen LogP contribution in [0.4, 0.5) is 0 Å². The average Bonchev–Trinajstić information content (AvgIpc) is 2.91. The molecule has 2 heterocycles. The van der Waals surface area contributed by atoms with Crippen molar-refractivity contribution in [1.29, 1.82) is 0 Å². The van der Waals surface area contributed by atoms with Crippen molar-refractivity contribution in [3.8, 4) is 0 Å². The lowest BCUT2D eigenvalue weighted by Gasteiger charge is -2.26. The molecule has 0 saturated carbocycles. The van der Waals surface area contributed by atoms with E-state index in [9.17, 15) is 0 Å². The Balaban J connectivity index is 2.14. The molecule has 0 bridgehead atoms. The van der Waals surface area contributed by atoms with Crippen LogP contribution in [0, 0.1) is 6.92 Å². The van der Waals surface area contributed by atoms with Gasteiger partial charge in [-0.3, -0.25) is 4.90 Å². The molecule has 98 valence electrons. The van der Waals surface area contributed by atoms with Gasteiger partial charge in [0.15, 0.2) is 0 Å². The standard InChI is InChI=1S/C13H20N4O/c1-10-11(4-5-18-10)8-16(2)12(6-14)13-7-15-9-17(13)3/h4-5,7,9,12H,6,8,14H2,1-3H3. The van der Waals surface area contributed by atoms with Gasteiger partial charge in [0.25, 0.3) is 0 Å². The first-order valence-electron chi connectivity index (χ1n) is 6.03. The van der Waals surface area contributed by atoms with Crippen LogP contribution in [-0.4, -0.2) is 28.0 Å². The maximum Gasteiger partial charge on any atom is 0.105 e. The third kappa shape index (κ3) is 2.47. The molecule has 0 amide bonds. The van der Waals surface area contributed by atoms with E-state index < -0.39 is 0 Å². The molecule has 2 N–H and O–H groups in total. The molecule has 0 spiro atoms. The monoisotopic (exact) mass is 248 g/mol. The minimum atomic E-state index is 0.159. The Labute approximate surface area is 107 Å². The molecule has 18 heavy (non-hydrogen) atoms. The summed E-state index contributed by atoms with van der Waals surface area (Å²) in [5.74, 6) is 0.961. The maximum absolute atomic E-state index is 5.89. The van der Waals surface area contributed by atoms with Crippen molar-refractivity contribution in [3.63, 3.8) is 0 Å². The summed E-state index contributed by atoms with van der Waals surface area (Å²) in [6.45, 7) is 3.35. The van der Waals surface area contributed by atoms with E-state index in [0.29, 0.717) is 6.54 Å². The van der Waals surface area contributed by atoms with Gasteiger partial charge in [0, 0.05) is 31.9 Å². The van der Waals surface area contributed by atoms with Crippen LogP contribution in [0.1, 0.15) is 23.1 Å². The second-order valence-corrected chi connectivity index (χ2v) is 4.60. The molecule has 1 atom stereocenters. The van der Waals surface area contributed by atoms with E-state index in [0.717, 1.165) is 18.0 Å². The fraction of sp³-hybridized carbons (Fsp3) is 0.462. The van der Waals surface area contributed by atoms with Crippen molar-refractivity contribution in [2.24, 2.45) is 12.8 Å². The van der Waals surface area contributed by atoms with Crippen LogP contribution >= 0.6 is 0 Å². The van der Waals surface area contributed by atoms with Crippen molar-refractivity contribution < 1.29 is 4.42 Å². The van der Waals surface area contributed by atoms with Crippen LogP contribution in [0.15, 0.2) is 29.3 Å². The van der Waals surface area contributed by atoms with Gasteiger partial charge in [0.05, 0.1) is 24.3 Å². The summed E-state index contributed by atoms with van der Waals surface area (Å²) in [5, 5.41) is 0. The number of imidazole rings is 1. The Morgan fingerprint density at radius 1 is 1.56 bits per heavy atom. The van der Waals surface area contributed by atoms with Crippen LogP contribution in [0.3, 0.4) is 0 Å². The minimum Gasteiger partial charge on any atom is -0.469 e. The highest BCUT2D eigenvalue weighted by molar-refractivity contribution is 5.16. The largest absolute Gasteiger partial charge is 0.469 e. The number of rotatable bonds is 5. The topological polar surface area (TPSA) is 60.2 Å². The van der Waals surface area contributed by atoms with Crippen molar-refractivity contribution in [3.05, 3.63) is 41.9 Å². The Hall–Kier alpha value is -1.59. The first kappa shape index (κ1) is 12.9. The summed E-state index contributed by atoms with van der Waals surface area (Å²) < 4.78 is 7.33. The number of aryl methyl sites for hydroxylation is 2. The first-order valence-corrected chi connectivity index (χ1v) is 6.03. The summed E-state index contributed by atoms with van der Waals surface area (Å²) in [5.41, 5.74) is 8.21. The number of hydrogen-bond donors (Lipinski definition) is 1. The highest BCUT2D eigenvalue weighted by Crippen LogP contribution is 2.21. The second kappa shape index (κ2) is 5.37. The zero-order chi connectivity index (χ0) is 13.1. The van der Waals surface area contributed by atoms with Gasteiger partial charge in [-0.25, -0.2) is 4.98 Å². The molecule has 5 nitrogen and oxygen atoms in total. The van der Waals surface area contributed by atoms with Gasteiger partial charge in [-0.2, -0.15) is 0 Å². The smallest absolute Gasteiger partial charge is 0.105 e. The third-order valence-electron chi connectivity index (χ3n) is 3.34. The lowest BCUT2D eigenvalue weighted by Crippen LogP contribution is -2.31. The lowest BCUT2D eigenvalue weighted by molar-refractivity contribution is 0.232. The summed E-state index contributed by atoms with van der Waals surface area (Å²) in [6, 6.07) is 2.16. The Morgan fingerprint density at radius 3 is 2.83 bits per heavy atom. The molecule has 0 aliphatic heterocycles. The summed E-state index contributed by atoms with van der Waals surface area (Å²) in [4.78, 5) is 6.37.